The Hall–Kier alpha value is -0.610. The number of carbonyl (C=O) groups excluding carboxylic acids is 1. The maximum atomic E-state index is 11.7. The van der Waals surface area contributed by atoms with Crippen LogP contribution in [0.2, 0.25) is 0 Å². The number of primary amides is 1. The SMILES string of the molecule is CC(C)NC(C)(CCCN1CCC(C(C)C)C1)C(N)=O. The largest absolute Gasteiger partial charge is 0.368 e. The number of hydrogen-bond acceptors (Lipinski definition) is 3. The number of rotatable bonds is 8. The molecule has 0 aromatic rings. The Bertz CT molecular complexity index is 317. The smallest absolute Gasteiger partial charge is 0.237 e. The zero-order valence-corrected chi connectivity index (χ0v) is 13.9. The van der Waals surface area contributed by atoms with Gasteiger partial charge < -0.3 is 16.0 Å². The van der Waals surface area contributed by atoms with Crippen LogP contribution in [0.25, 0.3) is 0 Å². The standard InChI is InChI=1S/C16H33N3O/c1-12(2)14-7-10-19(11-14)9-6-8-16(5,15(17)20)18-13(3)4/h12-14,18H,6-11H2,1-5H3,(H2,17,20). The number of hydrogen-bond donors (Lipinski definition) is 2. The molecule has 2 atom stereocenters. The van der Waals surface area contributed by atoms with Gasteiger partial charge in [0.15, 0.2) is 0 Å². The highest BCUT2D eigenvalue weighted by molar-refractivity contribution is 5.84. The van der Waals surface area contributed by atoms with Crippen LogP contribution < -0.4 is 11.1 Å². The lowest BCUT2D eigenvalue weighted by Gasteiger charge is -2.30. The minimum absolute atomic E-state index is 0.243. The molecular formula is C16H33N3O. The molecule has 1 rings (SSSR count). The summed E-state index contributed by atoms with van der Waals surface area (Å²) in [7, 11) is 0. The molecule has 0 bridgehead atoms. The van der Waals surface area contributed by atoms with Crippen molar-refractivity contribution in [1.82, 2.24) is 10.2 Å². The van der Waals surface area contributed by atoms with Crippen LogP contribution in [0.15, 0.2) is 0 Å². The van der Waals surface area contributed by atoms with E-state index in [4.69, 9.17) is 5.73 Å². The second-order valence-corrected chi connectivity index (χ2v) is 7.19. The van der Waals surface area contributed by atoms with Crippen LogP contribution in [-0.4, -0.2) is 42.0 Å². The third-order valence-electron chi connectivity index (χ3n) is 4.55. The molecule has 1 saturated heterocycles. The Labute approximate surface area is 124 Å². The van der Waals surface area contributed by atoms with Gasteiger partial charge in [0.25, 0.3) is 0 Å². The van der Waals surface area contributed by atoms with Gasteiger partial charge in [-0.1, -0.05) is 13.8 Å². The third kappa shape index (κ3) is 5.06. The quantitative estimate of drug-likeness (QED) is 0.716. The molecule has 20 heavy (non-hydrogen) atoms. The number of nitrogens with zero attached hydrogens (tertiary/aromatic N) is 1. The van der Waals surface area contributed by atoms with Crippen molar-refractivity contribution in [1.29, 1.82) is 0 Å². The van der Waals surface area contributed by atoms with Crippen LogP contribution in [0, 0.1) is 11.8 Å². The highest BCUT2D eigenvalue weighted by atomic mass is 16.1. The summed E-state index contributed by atoms with van der Waals surface area (Å²) in [5.41, 5.74) is 4.98. The van der Waals surface area contributed by atoms with Gasteiger partial charge in [0.2, 0.25) is 5.91 Å². The molecular weight excluding hydrogens is 250 g/mol. The molecule has 3 N–H and O–H groups in total. The molecule has 4 nitrogen and oxygen atoms in total. The van der Waals surface area contributed by atoms with Crippen LogP contribution >= 0.6 is 0 Å². The zero-order valence-electron chi connectivity index (χ0n) is 13.9. The van der Waals surface area contributed by atoms with E-state index in [9.17, 15) is 4.79 Å². The van der Waals surface area contributed by atoms with Crippen molar-refractivity contribution in [3.05, 3.63) is 0 Å². The summed E-state index contributed by atoms with van der Waals surface area (Å²) >= 11 is 0. The van der Waals surface area contributed by atoms with Crippen LogP contribution in [0.5, 0.6) is 0 Å². The van der Waals surface area contributed by atoms with E-state index in [1.54, 1.807) is 0 Å². The molecule has 0 spiro atoms. The van der Waals surface area contributed by atoms with E-state index in [0.717, 1.165) is 31.2 Å². The fraction of sp³-hybridized carbons (Fsp3) is 0.938. The molecule has 1 aliphatic rings. The van der Waals surface area contributed by atoms with E-state index in [0.29, 0.717) is 0 Å². The van der Waals surface area contributed by atoms with Gasteiger partial charge in [-0.25, -0.2) is 0 Å². The van der Waals surface area contributed by atoms with Gasteiger partial charge in [-0.2, -0.15) is 0 Å². The van der Waals surface area contributed by atoms with Crippen LogP contribution in [0.4, 0.5) is 0 Å². The minimum atomic E-state index is -0.578. The van der Waals surface area contributed by atoms with Gasteiger partial charge in [-0.15, -0.1) is 0 Å². The van der Waals surface area contributed by atoms with E-state index in [-0.39, 0.29) is 11.9 Å². The Morgan fingerprint density at radius 3 is 2.50 bits per heavy atom. The fourth-order valence-corrected chi connectivity index (χ4v) is 3.17. The summed E-state index contributed by atoms with van der Waals surface area (Å²) in [5.74, 6) is 1.37. The maximum absolute atomic E-state index is 11.7. The molecule has 0 aromatic heterocycles. The summed E-state index contributed by atoms with van der Waals surface area (Å²) in [6, 6.07) is 0.268. The van der Waals surface area contributed by atoms with Gasteiger partial charge in [-0.3, -0.25) is 4.79 Å². The van der Waals surface area contributed by atoms with Crippen molar-refractivity contribution in [3.8, 4) is 0 Å². The second-order valence-electron chi connectivity index (χ2n) is 7.19. The molecule has 1 aliphatic heterocycles. The Morgan fingerprint density at radius 1 is 1.40 bits per heavy atom. The fourth-order valence-electron chi connectivity index (χ4n) is 3.17. The van der Waals surface area contributed by atoms with Gasteiger partial charge in [-0.05, 0) is 65.0 Å². The van der Waals surface area contributed by atoms with Gasteiger partial charge in [0.05, 0.1) is 5.54 Å². The van der Waals surface area contributed by atoms with Crippen LogP contribution in [-0.2, 0) is 4.79 Å². The molecule has 0 saturated carbocycles. The lowest BCUT2D eigenvalue weighted by molar-refractivity contribution is -0.124. The highest BCUT2D eigenvalue weighted by Crippen LogP contribution is 2.24. The van der Waals surface area contributed by atoms with Crippen molar-refractivity contribution in [3.63, 3.8) is 0 Å². The Kier molecular flexibility index (Phi) is 6.46. The number of carbonyl (C=O) groups is 1. The van der Waals surface area contributed by atoms with Gasteiger partial charge in [0.1, 0.15) is 0 Å². The molecule has 118 valence electrons. The first-order valence-electron chi connectivity index (χ1n) is 8.04. The highest BCUT2D eigenvalue weighted by Gasteiger charge is 2.31. The topological polar surface area (TPSA) is 58.4 Å². The normalized spacial score (nSPS) is 23.4. The van der Waals surface area contributed by atoms with Crippen molar-refractivity contribution >= 4 is 5.91 Å². The number of nitrogens with one attached hydrogen (secondary N) is 1. The third-order valence-corrected chi connectivity index (χ3v) is 4.55. The summed E-state index contributed by atoms with van der Waals surface area (Å²) in [6.45, 7) is 14.1. The molecule has 2 unspecified atom stereocenters. The van der Waals surface area contributed by atoms with E-state index in [2.05, 4.69) is 37.9 Å². The minimum Gasteiger partial charge on any atom is -0.368 e. The molecule has 4 heteroatoms. The predicted octanol–water partition coefficient (Wildman–Crippen LogP) is 1.99. The van der Waals surface area contributed by atoms with Gasteiger partial charge in [0, 0.05) is 12.6 Å². The van der Waals surface area contributed by atoms with Gasteiger partial charge >= 0.3 is 0 Å². The average molecular weight is 283 g/mol. The van der Waals surface area contributed by atoms with Crippen molar-refractivity contribution in [2.24, 2.45) is 17.6 Å². The van der Waals surface area contributed by atoms with Crippen molar-refractivity contribution in [2.75, 3.05) is 19.6 Å². The molecule has 0 aliphatic carbocycles. The molecule has 1 fully saturated rings. The average Bonchev–Trinajstić information content (AvgIpc) is 2.76. The first-order chi connectivity index (χ1) is 9.24. The van der Waals surface area contributed by atoms with Crippen LogP contribution in [0.3, 0.4) is 0 Å². The van der Waals surface area contributed by atoms with E-state index >= 15 is 0 Å². The van der Waals surface area contributed by atoms with E-state index in [1.807, 2.05) is 6.92 Å². The lowest BCUT2D eigenvalue weighted by Crippen LogP contribution is -2.55. The van der Waals surface area contributed by atoms with E-state index in [1.165, 1.54) is 19.5 Å². The summed E-state index contributed by atoms with van der Waals surface area (Å²) in [5, 5.41) is 3.31. The first-order valence-corrected chi connectivity index (χ1v) is 8.04. The maximum Gasteiger partial charge on any atom is 0.237 e. The van der Waals surface area contributed by atoms with E-state index < -0.39 is 5.54 Å². The van der Waals surface area contributed by atoms with Crippen molar-refractivity contribution < 1.29 is 4.79 Å². The molecule has 0 radical (unpaired) electrons. The summed E-state index contributed by atoms with van der Waals surface area (Å²) in [6.07, 6.45) is 3.14. The first kappa shape index (κ1) is 17.4. The predicted molar refractivity (Wildman–Crippen MR) is 84.5 cm³/mol. The molecule has 0 aromatic carbocycles. The summed E-state index contributed by atoms with van der Waals surface area (Å²) in [4.78, 5) is 14.2. The Balaban J connectivity index is 2.37. The number of amides is 1. The summed E-state index contributed by atoms with van der Waals surface area (Å²) < 4.78 is 0. The Morgan fingerprint density at radius 2 is 2.05 bits per heavy atom. The zero-order chi connectivity index (χ0) is 15.3. The second kappa shape index (κ2) is 7.41. The van der Waals surface area contributed by atoms with Crippen molar-refractivity contribution in [2.45, 2.75) is 65.5 Å². The number of likely N-dealkylation sites (tertiary alicyclic amines) is 1. The van der Waals surface area contributed by atoms with Crippen LogP contribution in [0.1, 0.15) is 53.9 Å². The number of nitrogens with two attached hydrogens (primary N) is 1. The lowest BCUT2D eigenvalue weighted by atomic mass is 9.93. The molecule has 1 amide bonds. The monoisotopic (exact) mass is 283 g/mol. The molecule has 1 heterocycles.